The Kier molecular flexibility index (Phi) is 5.81. The fraction of sp³-hybridized carbons (Fsp3) is 0.923. The summed E-state index contributed by atoms with van der Waals surface area (Å²) in [5.74, 6) is 0.117. The molecule has 0 N–H and O–H groups in total. The van der Waals surface area contributed by atoms with Crippen LogP contribution in [0.5, 0.6) is 0 Å². The summed E-state index contributed by atoms with van der Waals surface area (Å²) in [5.41, 5.74) is 0. The van der Waals surface area contributed by atoms with Gasteiger partial charge in [-0.15, -0.1) is 0 Å². The molecule has 1 fully saturated rings. The van der Waals surface area contributed by atoms with Crippen LogP contribution in [0.3, 0.4) is 0 Å². The molecule has 1 heterocycles. The summed E-state index contributed by atoms with van der Waals surface area (Å²) < 4.78 is 5.28. The second-order valence-corrected chi connectivity index (χ2v) is 4.95. The first-order valence-electron chi connectivity index (χ1n) is 6.55. The van der Waals surface area contributed by atoms with Gasteiger partial charge in [-0.1, -0.05) is 13.3 Å². The minimum absolute atomic E-state index is 0.0128. The minimum Gasteiger partial charge on any atom is -0.465 e. The second kappa shape index (κ2) is 6.89. The molecule has 0 bridgehead atoms. The van der Waals surface area contributed by atoms with Crippen LogP contribution in [0.15, 0.2) is 0 Å². The Morgan fingerprint density at radius 3 is 2.88 bits per heavy atom. The van der Waals surface area contributed by atoms with E-state index in [2.05, 4.69) is 25.7 Å². The van der Waals surface area contributed by atoms with Crippen molar-refractivity contribution in [2.24, 2.45) is 5.92 Å². The average Bonchev–Trinajstić information content (AvgIpc) is 2.29. The van der Waals surface area contributed by atoms with E-state index in [4.69, 9.17) is 4.74 Å². The maximum atomic E-state index is 11.8. The first kappa shape index (κ1) is 13.5. The van der Waals surface area contributed by atoms with Crippen molar-refractivity contribution in [3.05, 3.63) is 0 Å². The Morgan fingerprint density at radius 2 is 2.25 bits per heavy atom. The van der Waals surface area contributed by atoms with Crippen molar-refractivity contribution in [1.82, 2.24) is 4.90 Å². The molecule has 16 heavy (non-hydrogen) atoms. The van der Waals surface area contributed by atoms with Crippen molar-refractivity contribution in [2.45, 2.75) is 52.5 Å². The van der Waals surface area contributed by atoms with Gasteiger partial charge in [-0.25, -0.2) is 0 Å². The first-order valence-corrected chi connectivity index (χ1v) is 6.55. The maximum Gasteiger partial charge on any atom is 0.310 e. The van der Waals surface area contributed by atoms with Crippen LogP contribution in [0.2, 0.25) is 0 Å². The lowest BCUT2D eigenvalue weighted by Crippen LogP contribution is -2.42. The van der Waals surface area contributed by atoms with Crippen molar-refractivity contribution >= 4 is 5.97 Å². The van der Waals surface area contributed by atoms with E-state index in [0.29, 0.717) is 12.6 Å². The molecule has 0 aliphatic carbocycles. The third kappa shape index (κ3) is 4.12. The lowest BCUT2D eigenvalue weighted by molar-refractivity contribution is -0.150. The van der Waals surface area contributed by atoms with E-state index < -0.39 is 0 Å². The van der Waals surface area contributed by atoms with Gasteiger partial charge in [0.1, 0.15) is 0 Å². The number of unbranched alkanes of at least 4 members (excludes halogenated alkanes) is 1. The fourth-order valence-electron chi connectivity index (χ4n) is 2.10. The molecule has 1 rings (SSSR count). The van der Waals surface area contributed by atoms with Gasteiger partial charge in [0.15, 0.2) is 0 Å². The van der Waals surface area contributed by atoms with Crippen molar-refractivity contribution < 1.29 is 9.53 Å². The first-order chi connectivity index (χ1) is 7.65. The van der Waals surface area contributed by atoms with Crippen LogP contribution in [0.25, 0.3) is 0 Å². The van der Waals surface area contributed by atoms with Gasteiger partial charge < -0.3 is 9.64 Å². The molecule has 0 spiro atoms. The number of piperidine rings is 1. The molecular formula is C13H25NO2. The molecule has 1 saturated heterocycles. The highest BCUT2D eigenvalue weighted by Gasteiger charge is 2.27. The van der Waals surface area contributed by atoms with Crippen molar-refractivity contribution in [3.8, 4) is 0 Å². The highest BCUT2D eigenvalue weighted by atomic mass is 16.5. The average molecular weight is 227 g/mol. The highest BCUT2D eigenvalue weighted by molar-refractivity contribution is 5.72. The molecule has 0 saturated carbocycles. The molecule has 1 atom stereocenters. The van der Waals surface area contributed by atoms with E-state index in [0.717, 1.165) is 38.8 Å². The number of hydrogen-bond donors (Lipinski definition) is 0. The summed E-state index contributed by atoms with van der Waals surface area (Å²) in [7, 11) is 0. The van der Waals surface area contributed by atoms with Crippen LogP contribution >= 0.6 is 0 Å². The Bertz CT molecular complexity index is 216. The van der Waals surface area contributed by atoms with Crippen molar-refractivity contribution in [3.63, 3.8) is 0 Å². The van der Waals surface area contributed by atoms with Crippen LogP contribution in [-0.4, -0.2) is 36.6 Å². The number of hydrogen-bond acceptors (Lipinski definition) is 3. The molecule has 0 aromatic carbocycles. The molecule has 1 aliphatic heterocycles. The summed E-state index contributed by atoms with van der Waals surface area (Å²) in [6.07, 6.45) is 4.17. The van der Waals surface area contributed by atoms with Crippen molar-refractivity contribution in [2.75, 3.05) is 19.7 Å². The Hall–Kier alpha value is -0.570. The van der Waals surface area contributed by atoms with Crippen LogP contribution < -0.4 is 0 Å². The molecule has 1 unspecified atom stereocenters. The Morgan fingerprint density at radius 1 is 1.50 bits per heavy atom. The number of ether oxygens (including phenoxy) is 1. The van der Waals surface area contributed by atoms with Gasteiger partial charge in [-0.05, 0) is 39.7 Å². The third-order valence-electron chi connectivity index (χ3n) is 3.26. The van der Waals surface area contributed by atoms with Gasteiger partial charge in [-0.3, -0.25) is 4.79 Å². The highest BCUT2D eigenvalue weighted by Crippen LogP contribution is 2.19. The Balaban J connectivity index is 2.32. The molecule has 3 nitrogen and oxygen atoms in total. The zero-order chi connectivity index (χ0) is 12.0. The lowest BCUT2D eigenvalue weighted by Gasteiger charge is -2.34. The summed E-state index contributed by atoms with van der Waals surface area (Å²) >= 11 is 0. The SMILES string of the molecule is CCCCOC(=O)C1CCCN(C(C)C)C1. The second-order valence-electron chi connectivity index (χ2n) is 4.95. The molecule has 0 aromatic heterocycles. The summed E-state index contributed by atoms with van der Waals surface area (Å²) in [4.78, 5) is 14.2. The zero-order valence-corrected chi connectivity index (χ0v) is 10.9. The molecule has 3 heteroatoms. The summed E-state index contributed by atoms with van der Waals surface area (Å²) in [6.45, 7) is 9.07. The van der Waals surface area contributed by atoms with E-state index in [9.17, 15) is 4.79 Å². The smallest absolute Gasteiger partial charge is 0.310 e. The van der Waals surface area contributed by atoms with E-state index >= 15 is 0 Å². The van der Waals surface area contributed by atoms with E-state index in [1.54, 1.807) is 0 Å². The molecular weight excluding hydrogens is 202 g/mol. The fourth-order valence-corrected chi connectivity index (χ4v) is 2.10. The van der Waals surface area contributed by atoms with Crippen LogP contribution in [-0.2, 0) is 9.53 Å². The number of nitrogens with zero attached hydrogens (tertiary/aromatic N) is 1. The topological polar surface area (TPSA) is 29.5 Å². The van der Waals surface area contributed by atoms with Crippen LogP contribution in [0, 0.1) is 5.92 Å². The largest absolute Gasteiger partial charge is 0.465 e. The molecule has 0 radical (unpaired) electrons. The van der Waals surface area contributed by atoms with Crippen LogP contribution in [0.4, 0.5) is 0 Å². The number of likely N-dealkylation sites (tertiary alicyclic amines) is 1. The van der Waals surface area contributed by atoms with E-state index in [1.807, 2.05) is 0 Å². The van der Waals surface area contributed by atoms with Gasteiger partial charge in [0, 0.05) is 12.6 Å². The summed E-state index contributed by atoms with van der Waals surface area (Å²) in [5, 5.41) is 0. The normalized spacial score (nSPS) is 22.4. The lowest BCUT2D eigenvalue weighted by atomic mass is 9.97. The van der Waals surface area contributed by atoms with Gasteiger partial charge >= 0.3 is 5.97 Å². The molecule has 1 aliphatic rings. The van der Waals surface area contributed by atoms with Gasteiger partial charge in [-0.2, -0.15) is 0 Å². The van der Waals surface area contributed by atoms with Gasteiger partial charge in [0.2, 0.25) is 0 Å². The quantitative estimate of drug-likeness (QED) is 0.534. The minimum atomic E-state index is 0.0128. The van der Waals surface area contributed by atoms with Crippen molar-refractivity contribution in [1.29, 1.82) is 0 Å². The monoisotopic (exact) mass is 227 g/mol. The van der Waals surface area contributed by atoms with Crippen LogP contribution in [0.1, 0.15) is 46.5 Å². The molecule has 0 amide bonds. The maximum absolute atomic E-state index is 11.8. The standard InChI is InChI=1S/C13H25NO2/c1-4-5-9-16-13(15)12-7-6-8-14(10-12)11(2)3/h11-12H,4-10H2,1-3H3. The van der Waals surface area contributed by atoms with E-state index in [-0.39, 0.29) is 11.9 Å². The predicted molar refractivity (Wildman–Crippen MR) is 65.3 cm³/mol. The van der Waals surface area contributed by atoms with Gasteiger partial charge in [0.05, 0.1) is 12.5 Å². The zero-order valence-electron chi connectivity index (χ0n) is 10.9. The predicted octanol–water partition coefficient (Wildman–Crippen LogP) is 2.45. The Labute approximate surface area is 99.1 Å². The summed E-state index contributed by atoms with van der Waals surface area (Å²) in [6, 6.07) is 0.534. The molecule has 0 aromatic rings. The van der Waals surface area contributed by atoms with Gasteiger partial charge in [0.25, 0.3) is 0 Å². The number of rotatable bonds is 5. The third-order valence-corrected chi connectivity index (χ3v) is 3.26. The number of esters is 1. The van der Waals surface area contributed by atoms with E-state index in [1.165, 1.54) is 0 Å². The number of carbonyl (C=O) groups excluding carboxylic acids is 1. The number of carbonyl (C=O) groups is 1. The molecule has 94 valence electrons.